The number of carbonyl (C=O) groups is 2. The fourth-order valence-electron chi connectivity index (χ4n) is 2.53. The third-order valence-electron chi connectivity index (χ3n) is 3.94. The van der Waals surface area contributed by atoms with Crippen LogP contribution >= 0.6 is 11.6 Å². The number of imide groups is 1. The van der Waals surface area contributed by atoms with E-state index in [0.717, 1.165) is 10.6 Å². The van der Waals surface area contributed by atoms with E-state index < -0.39 is 22.4 Å². The summed E-state index contributed by atoms with van der Waals surface area (Å²) in [5.74, 6) is -0.626. The average Bonchev–Trinajstić information content (AvgIpc) is 2.71. The molecule has 0 saturated heterocycles. The molecule has 0 aliphatic heterocycles. The van der Waals surface area contributed by atoms with Gasteiger partial charge in [-0.05, 0) is 30.3 Å². The highest BCUT2D eigenvalue weighted by Crippen LogP contribution is 2.16. The van der Waals surface area contributed by atoms with Crippen LogP contribution in [0.4, 0.5) is 16.2 Å². The maximum Gasteiger partial charge on any atom is 0.325 e. The van der Waals surface area contributed by atoms with Crippen LogP contribution in [-0.2, 0) is 11.5 Å². The van der Waals surface area contributed by atoms with Gasteiger partial charge in [0.2, 0.25) is 5.91 Å². The summed E-state index contributed by atoms with van der Waals surface area (Å²) in [6.07, 6.45) is 1.26. The zero-order chi connectivity index (χ0) is 21.7. The summed E-state index contributed by atoms with van der Waals surface area (Å²) in [5, 5.41) is 18.8. The van der Waals surface area contributed by atoms with Gasteiger partial charge in [-0.3, -0.25) is 34.9 Å². The Labute approximate surface area is 173 Å². The molecule has 3 N–H and O–H groups in total. The molecule has 30 heavy (non-hydrogen) atoms. The number of fused-ring (bicyclic) bond motifs is 1. The molecular formula is C18H15ClN6O5. The molecule has 3 rings (SSSR count). The molecule has 0 atom stereocenters. The number of hydrogen-bond donors (Lipinski definition) is 3. The second-order valence-corrected chi connectivity index (χ2v) is 6.51. The van der Waals surface area contributed by atoms with Gasteiger partial charge < -0.3 is 5.32 Å². The van der Waals surface area contributed by atoms with Gasteiger partial charge in [0, 0.05) is 22.8 Å². The lowest BCUT2D eigenvalue weighted by Crippen LogP contribution is -2.41. The summed E-state index contributed by atoms with van der Waals surface area (Å²) in [7, 11) is 0. The van der Waals surface area contributed by atoms with Gasteiger partial charge in [-0.25, -0.2) is 9.78 Å². The van der Waals surface area contributed by atoms with Gasteiger partial charge in [-0.2, -0.15) is 0 Å². The normalized spacial score (nSPS) is 10.6. The van der Waals surface area contributed by atoms with Crippen LogP contribution in [-0.4, -0.2) is 33.0 Å². The van der Waals surface area contributed by atoms with Gasteiger partial charge >= 0.3 is 6.03 Å². The van der Waals surface area contributed by atoms with Crippen LogP contribution in [0.25, 0.3) is 10.9 Å². The summed E-state index contributed by atoms with van der Waals surface area (Å²) in [5.41, 5.74) is 0.0503. The highest BCUT2D eigenvalue weighted by atomic mass is 35.5. The molecule has 11 nitrogen and oxygen atoms in total. The molecule has 0 fully saturated rings. The number of nitrogens with one attached hydrogen (secondary N) is 3. The van der Waals surface area contributed by atoms with E-state index >= 15 is 0 Å². The van der Waals surface area contributed by atoms with Gasteiger partial charge in [0.1, 0.15) is 0 Å². The second kappa shape index (κ2) is 9.11. The van der Waals surface area contributed by atoms with Gasteiger partial charge in [-0.1, -0.05) is 11.6 Å². The molecule has 1 aromatic heterocycles. The van der Waals surface area contributed by atoms with Gasteiger partial charge in [0.15, 0.2) is 0 Å². The van der Waals surface area contributed by atoms with Crippen LogP contribution in [0.15, 0.2) is 53.6 Å². The summed E-state index contributed by atoms with van der Waals surface area (Å²) in [6, 6.07) is 9.41. The number of aromatic nitrogens is 2. The fraction of sp³-hybridized carbons (Fsp3) is 0.111. The van der Waals surface area contributed by atoms with Crippen LogP contribution in [0.1, 0.15) is 0 Å². The van der Waals surface area contributed by atoms with E-state index in [4.69, 9.17) is 11.6 Å². The van der Waals surface area contributed by atoms with E-state index in [1.54, 1.807) is 24.3 Å². The van der Waals surface area contributed by atoms with Crippen molar-refractivity contribution in [1.82, 2.24) is 20.2 Å². The molecule has 0 spiro atoms. The predicted molar refractivity (Wildman–Crippen MR) is 109 cm³/mol. The van der Waals surface area contributed by atoms with E-state index in [-0.39, 0.29) is 24.3 Å². The smallest absolute Gasteiger partial charge is 0.308 e. The fourth-order valence-corrected chi connectivity index (χ4v) is 2.66. The Morgan fingerprint density at radius 1 is 1.17 bits per heavy atom. The number of hydrogen-bond acceptors (Lipinski definition) is 7. The zero-order valence-electron chi connectivity index (χ0n) is 15.3. The lowest BCUT2D eigenvalue weighted by Gasteiger charge is -2.09. The second-order valence-electron chi connectivity index (χ2n) is 6.07. The minimum atomic E-state index is -0.721. The first-order valence-electron chi connectivity index (χ1n) is 8.54. The number of nitro groups is 1. The molecule has 12 heteroatoms. The van der Waals surface area contributed by atoms with Crippen molar-refractivity contribution in [3.05, 3.63) is 74.3 Å². The Bertz CT molecular complexity index is 1180. The maximum atomic E-state index is 12.5. The number of rotatable bonds is 6. The number of non-ortho nitro benzene ring substituents is 1. The molecular weight excluding hydrogens is 416 g/mol. The number of benzene rings is 2. The van der Waals surface area contributed by atoms with E-state index in [9.17, 15) is 24.5 Å². The average molecular weight is 431 g/mol. The maximum absolute atomic E-state index is 12.5. The van der Waals surface area contributed by atoms with Crippen LogP contribution in [0, 0.1) is 10.1 Å². The molecule has 0 radical (unpaired) electrons. The summed E-state index contributed by atoms with van der Waals surface area (Å²) in [4.78, 5) is 50.5. The Morgan fingerprint density at radius 3 is 2.60 bits per heavy atom. The highest BCUT2D eigenvalue weighted by Gasteiger charge is 2.12. The first-order chi connectivity index (χ1) is 14.3. The van der Waals surface area contributed by atoms with Gasteiger partial charge in [0.05, 0.1) is 35.4 Å². The molecule has 0 saturated carbocycles. The van der Waals surface area contributed by atoms with E-state index in [2.05, 4.69) is 20.9 Å². The lowest BCUT2D eigenvalue weighted by molar-refractivity contribution is -0.384. The molecule has 154 valence electrons. The van der Waals surface area contributed by atoms with E-state index in [0.29, 0.717) is 16.2 Å². The van der Waals surface area contributed by atoms with Crippen molar-refractivity contribution in [3.8, 4) is 0 Å². The van der Waals surface area contributed by atoms with Crippen molar-refractivity contribution in [1.29, 1.82) is 0 Å². The van der Waals surface area contributed by atoms with Crippen molar-refractivity contribution in [3.63, 3.8) is 0 Å². The Kier molecular flexibility index (Phi) is 6.35. The number of halogens is 1. The van der Waals surface area contributed by atoms with Crippen molar-refractivity contribution in [2.45, 2.75) is 6.67 Å². The molecule has 0 unspecified atom stereocenters. The summed E-state index contributed by atoms with van der Waals surface area (Å²) < 4.78 is 1.16. The Balaban J connectivity index is 1.55. The molecule has 3 aromatic rings. The molecule has 0 aliphatic carbocycles. The van der Waals surface area contributed by atoms with Crippen LogP contribution in [0.2, 0.25) is 5.02 Å². The third kappa shape index (κ3) is 5.16. The molecule has 3 amide bonds. The van der Waals surface area contributed by atoms with Gasteiger partial charge in [0.25, 0.3) is 11.2 Å². The number of urea groups is 1. The Hall–Kier alpha value is -3.83. The number of carbonyl (C=O) groups excluding carboxylic acids is 2. The largest absolute Gasteiger partial charge is 0.325 e. The Morgan fingerprint density at radius 2 is 1.90 bits per heavy atom. The minimum Gasteiger partial charge on any atom is -0.308 e. The third-order valence-corrected chi connectivity index (χ3v) is 4.19. The van der Waals surface area contributed by atoms with Crippen molar-refractivity contribution < 1.29 is 14.5 Å². The van der Waals surface area contributed by atoms with E-state index in [1.165, 1.54) is 18.5 Å². The highest BCUT2D eigenvalue weighted by molar-refractivity contribution is 6.30. The van der Waals surface area contributed by atoms with Crippen LogP contribution < -0.4 is 21.5 Å². The monoisotopic (exact) mass is 430 g/mol. The standard InChI is InChI=1S/C18H15ClN6O5/c19-11-1-3-12(4-2-11)22-18(28)23-16(26)8-20-9-24-10-21-15-6-5-13(25(29)30)7-14(15)17(24)27/h1-7,10,20H,8-9H2,(H2,22,23,26,28). The predicted octanol–water partition coefficient (Wildman–Crippen LogP) is 1.85. The number of amides is 3. The molecule has 2 aromatic carbocycles. The molecule has 0 aliphatic rings. The topological polar surface area (TPSA) is 148 Å². The van der Waals surface area contributed by atoms with Crippen LogP contribution in [0.3, 0.4) is 0 Å². The number of nitrogens with zero attached hydrogens (tertiary/aromatic N) is 3. The van der Waals surface area contributed by atoms with Crippen molar-refractivity contribution in [2.24, 2.45) is 0 Å². The summed E-state index contributed by atoms with van der Waals surface area (Å²) >= 11 is 5.76. The summed E-state index contributed by atoms with van der Waals surface area (Å²) in [6.45, 7) is -0.343. The van der Waals surface area contributed by atoms with Crippen molar-refractivity contribution in [2.75, 3.05) is 11.9 Å². The van der Waals surface area contributed by atoms with E-state index in [1.807, 2.05) is 0 Å². The van der Waals surface area contributed by atoms with Gasteiger partial charge in [-0.15, -0.1) is 0 Å². The first-order valence-corrected chi connectivity index (χ1v) is 8.92. The number of nitro benzene ring substituents is 1. The molecule has 1 heterocycles. The first kappa shape index (κ1) is 20.9. The molecule has 0 bridgehead atoms. The SMILES string of the molecule is O=C(CNCn1cnc2ccc([N+](=O)[O-])cc2c1=O)NC(=O)Nc1ccc(Cl)cc1. The minimum absolute atomic E-state index is 0.0836. The zero-order valence-corrected chi connectivity index (χ0v) is 16.0. The van der Waals surface area contributed by atoms with Crippen molar-refractivity contribution >= 4 is 45.8 Å². The number of anilines is 1. The quantitative estimate of drug-likeness (QED) is 0.399. The lowest BCUT2D eigenvalue weighted by atomic mass is 10.2. The van der Waals surface area contributed by atoms with Crippen LogP contribution in [0.5, 0.6) is 0 Å².